The summed E-state index contributed by atoms with van der Waals surface area (Å²) in [6, 6.07) is 9.63. The lowest BCUT2D eigenvalue weighted by Gasteiger charge is -2.48. The van der Waals surface area contributed by atoms with Crippen LogP contribution in [0.25, 0.3) is 0 Å². The largest absolute Gasteiger partial charge is 0.379 e. The Kier molecular flexibility index (Phi) is 10.9. The SMILES string of the molecule is CN=C(NCCS(=O)c1ccccc1)NCC1(N2CCOCC2)CCCCC1.I. The highest BCUT2D eigenvalue weighted by Gasteiger charge is 2.38. The second-order valence-corrected chi connectivity index (χ2v) is 9.17. The maximum Gasteiger partial charge on any atom is 0.191 e. The molecule has 6 nitrogen and oxygen atoms in total. The molecule has 1 unspecified atom stereocenters. The number of aliphatic imine (C=N–C) groups is 1. The van der Waals surface area contributed by atoms with Gasteiger partial charge in [0.1, 0.15) is 0 Å². The van der Waals surface area contributed by atoms with Crippen molar-refractivity contribution in [2.24, 2.45) is 4.99 Å². The van der Waals surface area contributed by atoms with Crippen LogP contribution in [0.1, 0.15) is 32.1 Å². The summed E-state index contributed by atoms with van der Waals surface area (Å²) in [6.45, 7) is 5.23. The van der Waals surface area contributed by atoms with Crippen molar-refractivity contribution in [3.05, 3.63) is 30.3 Å². The van der Waals surface area contributed by atoms with Crippen molar-refractivity contribution in [3.63, 3.8) is 0 Å². The quantitative estimate of drug-likeness (QED) is 0.320. The van der Waals surface area contributed by atoms with E-state index in [0.717, 1.165) is 43.7 Å². The summed E-state index contributed by atoms with van der Waals surface area (Å²) in [4.78, 5) is 7.87. The Balaban J connectivity index is 0.00000300. The van der Waals surface area contributed by atoms with Gasteiger partial charge in [-0.15, -0.1) is 24.0 Å². The Hall–Kier alpha value is -0.710. The molecule has 2 fully saturated rings. The van der Waals surface area contributed by atoms with E-state index in [1.165, 1.54) is 32.1 Å². The summed E-state index contributed by atoms with van der Waals surface area (Å²) < 4.78 is 17.9. The van der Waals surface area contributed by atoms with Gasteiger partial charge < -0.3 is 15.4 Å². The number of guanidine groups is 1. The van der Waals surface area contributed by atoms with Crippen LogP contribution in [0.2, 0.25) is 0 Å². The molecule has 2 aliphatic rings. The minimum Gasteiger partial charge on any atom is -0.379 e. The maximum absolute atomic E-state index is 12.4. The van der Waals surface area contributed by atoms with E-state index in [-0.39, 0.29) is 29.5 Å². The molecule has 1 aromatic carbocycles. The monoisotopic (exact) mass is 534 g/mol. The number of hydrogen-bond donors (Lipinski definition) is 2. The molecule has 1 atom stereocenters. The number of nitrogens with zero attached hydrogens (tertiary/aromatic N) is 2. The van der Waals surface area contributed by atoms with Crippen LogP contribution in [0, 0.1) is 0 Å². The predicted octanol–water partition coefficient (Wildman–Crippen LogP) is 2.61. The van der Waals surface area contributed by atoms with Crippen molar-refractivity contribution >= 4 is 40.7 Å². The van der Waals surface area contributed by atoms with Crippen LogP contribution in [0.5, 0.6) is 0 Å². The number of nitrogens with one attached hydrogen (secondary N) is 2. The van der Waals surface area contributed by atoms with Crippen LogP contribution < -0.4 is 10.6 Å². The van der Waals surface area contributed by atoms with Gasteiger partial charge in [0, 0.05) is 49.4 Å². The van der Waals surface area contributed by atoms with Gasteiger partial charge in [-0.1, -0.05) is 37.5 Å². The fourth-order valence-electron chi connectivity index (χ4n) is 4.27. The van der Waals surface area contributed by atoms with Crippen LogP contribution in [-0.4, -0.2) is 72.8 Å². The van der Waals surface area contributed by atoms with Crippen LogP contribution in [0.4, 0.5) is 0 Å². The van der Waals surface area contributed by atoms with Gasteiger partial charge in [0.25, 0.3) is 0 Å². The Morgan fingerprint density at radius 1 is 1.14 bits per heavy atom. The summed E-state index contributed by atoms with van der Waals surface area (Å²) in [5.74, 6) is 1.36. The number of morpholine rings is 1. The fraction of sp³-hybridized carbons (Fsp3) is 0.667. The minimum atomic E-state index is -0.990. The molecule has 0 spiro atoms. The second kappa shape index (κ2) is 12.9. The third-order valence-corrected chi connectivity index (χ3v) is 7.23. The van der Waals surface area contributed by atoms with E-state index in [1.54, 1.807) is 7.05 Å². The Bertz CT molecular complexity index is 647. The smallest absolute Gasteiger partial charge is 0.191 e. The van der Waals surface area contributed by atoms with Crippen molar-refractivity contribution in [2.75, 3.05) is 52.2 Å². The van der Waals surface area contributed by atoms with E-state index < -0.39 is 10.8 Å². The van der Waals surface area contributed by atoms with Gasteiger partial charge in [0.2, 0.25) is 0 Å². The highest BCUT2D eigenvalue weighted by atomic mass is 127. The van der Waals surface area contributed by atoms with E-state index in [4.69, 9.17) is 4.74 Å². The van der Waals surface area contributed by atoms with E-state index in [0.29, 0.717) is 12.3 Å². The predicted molar refractivity (Wildman–Crippen MR) is 131 cm³/mol. The topological polar surface area (TPSA) is 66.0 Å². The van der Waals surface area contributed by atoms with Crippen molar-refractivity contribution in [1.29, 1.82) is 0 Å². The second-order valence-electron chi connectivity index (χ2n) is 7.60. The highest BCUT2D eigenvalue weighted by molar-refractivity contribution is 14.0. The third-order valence-electron chi connectivity index (χ3n) is 5.86. The maximum atomic E-state index is 12.4. The number of benzene rings is 1. The summed E-state index contributed by atoms with van der Waals surface area (Å²) in [7, 11) is 0.808. The first-order valence-electron chi connectivity index (χ1n) is 10.4. The molecule has 0 aromatic heterocycles. The molecular formula is C21H35IN4O2S. The number of halogens is 1. The first kappa shape index (κ1) is 24.6. The summed E-state index contributed by atoms with van der Waals surface area (Å²) in [5, 5.41) is 6.88. The molecule has 1 saturated carbocycles. The molecular weight excluding hydrogens is 499 g/mol. The summed E-state index contributed by atoms with van der Waals surface area (Å²) in [6.07, 6.45) is 6.39. The van der Waals surface area contributed by atoms with Crippen LogP contribution >= 0.6 is 24.0 Å². The Morgan fingerprint density at radius 3 is 2.48 bits per heavy atom. The van der Waals surface area contributed by atoms with Crippen LogP contribution in [-0.2, 0) is 15.5 Å². The molecule has 1 heterocycles. The average Bonchev–Trinajstić information content (AvgIpc) is 2.78. The van der Waals surface area contributed by atoms with Gasteiger partial charge in [-0.25, -0.2) is 0 Å². The average molecular weight is 535 g/mol. The zero-order valence-corrected chi connectivity index (χ0v) is 20.5. The zero-order valence-electron chi connectivity index (χ0n) is 17.4. The van der Waals surface area contributed by atoms with Gasteiger partial charge in [0.05, 0.1) is 24.0 Å². The van der Waals surface area contributed by atoms with Gasteiger partial charge in [0.15, 0.2) is 5.96 Å². The number of ether oxygens (including phenoxy) is 1. The fourth-order valence-corrected chi connectivity index (χ4v) is 5.26. The molecule has 1 aliphatic heterocycles. The minimum absolute atomic E-state index is 0. The summed E-state index contributed by atoms with van der Waals surface area (Å²) >= 11 is 0. The normalized spacial score (nSPS) is 21.1. The van der Waals surface area contributed by atoms with Crippen LogP contribution in [0.3, 0.4) is 0 Å². The molecule has 0 bridgehead atoms. The molecule has 2 N–H and O–H groups in total. The van der Waals surface area contributed by atoms with Gasteiger partial charge >= 0.3 is 0 Å². The lowest BCUT2D eigenvalue weighted by molar-refractivity contribution is -0.0352. The third kappa shape index (κ3) is 7.18. The van der Waals surface area contributed by atoms with Crippen molar-refractivity contribution in [3.8, 4) is 0 Å². The molecule has 164 valence electrons. The zero-order chi connectivity index (χ0) is 19.7. The van der Waals surface area contributed by atoms with Crippen LogP contribution in [0.15, 0.2) is 40.2 Å². The number of rotatable bonds is 7. The lowest BCUT2D eigenvalue weighted by atomic mass is 9.80. The molecule has 0 radical (unpaired) electrons. The molecule has 0 amide bonds. The van der Waals surface area contributed by atoms with E-state index >= 15 is 0 Å². The number of hydrogen-bond acceptors (Lipinski definition) is 4. The first-order valence-corrected chi connectivity index (χ1v) is 11.8. The molecule has 3 rings (SSSR count). The Morgan fingerprint density at radius 2 is 1.83 bits per heavy atom. The molecule has 1 aliphatic carbocycles. The van der Waals surface area contributed by atoms with Gasteiger partial charge in [-0.05, 0) is 25.0 Å². The van der Waals surface area contributed by atoms with E-state index in [1.807, 2.05) is 30.3 Å². The van der Waals surface area contributed by atoms with Crippen molar-refractivity contribution in [1.82, 2.24) is 15.5 Å². The van der Waals surface area contributed by atoms with Crippen molar-refractivity contribution < 1.29 is 8.95 Å². The standard InChI is InChI=1S/C21H34N4O2S.HI/c1-22-20(23-12-17-28(26)19-8-4-2-5-9-19)24-18-21(10-6-3-7-11-21)25-13-15-27-16-14-25;/h2,4-5,8-9H,3,6-7,10-18H2,1H3,(H2,22,23,24);1H. The van der Waals surface area contributed by atoms with Crippen molar-refractivity contribution in [2.45, 2.75) is 42.5 Å². The molecule has 1 saturated heterocycles. The highest BCUT2D eigenvalue weighted by Crippen LogP contribution is 2.33. The molecule has 29 heavy (non-hydrogen) atoms. The summed E-state index contributed by atoms with van der Waals surface area (Å²) in [5.41, 5.74) is 0.201. The van der Waals surface area contributed by atoms with Gasteiger partial charge in [-0.2, -0.15) is 0 Å². The Labute approximate surface area is 194 Å². The first-order chi connectivity index (χ1) is 13.7. The lowest BCUT2D eigenvalue weighted by Crippen LogP contribution is -2.60. The van der Waals surface area contributed by atoms with E-state index in [2.05, 4.69) is 20.5 Å². The van der Waals surface area contributed by atoms with Gasteiger partial charge in [-0.3, -0.25) is 14.1 Å². The van der Waals surface area contributed by atoms with E-state index in [9.17, 15) is 4.21 Å². The molecule has 1 aromatic rings. The molecule has 8 heteroatoms.